The van der Waals surface area contributed by atoms with E-state index >= 15 is 0 Å². The highest BCUT2D eigenvalue weighted by Crippen LogP contribution is 2.39. The third-order valence-electron chi connectivity index (χ3n) is 5.59. The molecule has 160 valence electrons. The van der Waals surface area contributed by atoms with Crippen LogP contribution in [0.4, 0.5) is 5.69 Å². The van der Waals surface area contributed by atoms with Crippen LogP contribution in [0.3, 0.4) is 0 Å². The molecule has 0 amide bonds. The maximum absolute atomic E-state index is 5.83. The highest BCUT2D eigenvalue weighted by Gasteiger charge is 2.34. The zero-order chi connectivity index (χ0) is 22.1. The van der Waals surface area contributed by atoms with Gasteiger partial charge < -0.3 is 9.84 Å². The van der Waals surface area contributed by atoms with Crippen LogP contribution >= 0.6 is 23.6 Å². The number of aryl methyl sites for hydroxylation is 1. The molecule has 0 radical (unpaired) electrons. The molecule has 1 N–H and O–H groups in total. The number of anilines is 1. The van der Waals surface area contributed by atoms with E-state index in [4.69, 9.17) is 21.7 Å². The number of nitrogens with one attached hydrogen (secondary N) is 1. The maximum atomic E-state index is 5.83. The molecule has 1 aliphatic rings. The second kappa shape index (κ2) is 8.68. The highest BCUT2D eigenvalue weighted by molar-refractivity contribution is 7.80. The minimum Gasteiger partial charge on any atom is -0.351 e. The Bertz CT molecular complexity index is 1280. The second-order valence-corrected chi connectivity index (χ2v) is 8.89. The molecule has 5 nitrogen and oxygen atoms in total. The number of hydrogen-bond donors (Lipinski definition) is 1. The van der Waals surface area contributed by atoms with Crippen LogP contribution < -0.4 is 10.2 Å². The van der Waals surface area contributed by atoms with Gasteiger partial charge in [-0.15, -0.1) is 11.3 Å². The third kappa shape index (κ3) is 3.74. The maximum Gasteiger partial charge on any atom is 0.258 e. The Kier molecular flexibility index (Phi) is 5.59. The number of benzene rings is 2. The molecule has 3 heterocycles. The molecule has 0 saturated heterocycles. The molecule has 0 bridgehead atoms. The summed E-state index contributed by atoms with van der Waals surface area (Å²) < 4.78 is 5.79. The van der Waals surface area contributed by atoms with Gasteiger partial charge in [-0.05, 0) is 60.3 Å². The van der Waals surface area contributed by atoms with E-state index in [0.29, 0.717) is 16.8 Å². The van der Waals surface area contributed by atoms with E-state index in [9.17, 15) is 0 Å². The average molecular weight is 459 g/mol. The van der Waals surface area contributed by atoms with Gasteiger partial charge in [-0.1, -0.05) is 60.6 Å². The third-order valence-corrected chi connectivity index (χ3v) is 6.76. The first-order valence-electron chi connectivity index (χ1n) is 10.5. The normalized spacial score (nSPS) is 16.4. The summed E-state index contributed by atoms with van der Waals surface area (Å²) in [5.41, 5.74) is 5.24. The summed E-state index contributed by atoms with van der Waals surface area (Å²) in [6.07, 6.45) is 0.956. The molecule has 1 unspecified atom stereocenters. The van der Waals surface area contributed by atoms with Gasteiger partial charge in [-0.3, -0.25) is 4.90 Å². The van der Waals surface area contributed by atoms with Crippen LogP contribution in [0.1, 0.15) is 36.9 Å². The number of hydrogen-bond acceptors (Lipinski definition) is 5. The molecule has 7 heteroatoms. The summed E-state index contributed by atoms with van der Waals surface area (Å²) in [5, 5.41) is 10.4. The van der Waals surface area contributed by atoms with E-state index in [1.165, 1.54) is 5.56 Å². The van der Waals surface area contributed by atoms with Crippen LogP contribution in [0, 0.1) is 0 Å². The Morgan fingerprint density at radius 2 is 1.94 bits per heavy atom. The van der Waals surface area contributed by atoms with Crippen LogP contribution in [0.25, 0.3) is 16.3 Å². The minimum absolute atomic E-state index is 0.189. The van der Waals surface area contributed by atoms with Crippen molar-refractivity contribution in [2.45, 2.75) is 26.3 Å². The number of aromatic nitrogens is 2. The van der Waals surface area contributed by atoms with Crippen LogP contribution in [-0.2, 0) is 6.42 Å². The molecule has 1 aliphatic heterocycles. The molecule has 5 rings (SSSR count). The van der Waals surface area contributed by atoms with Crippen molar-refractivity contribution in [2.75, 3.05) is 4.90 Å². The van der Waals surface area contributed by atoms with Crippen molar-refractivity contribution in [1.82, 2.24) is 15.5 Å². The van der Waals surface area contributed by atoms with Gasteiger partial charge in [0.2, 0.25) is 5.82 Å². The summed E-state index contributed by atoms with van der Waals surface area (Å²) in [7, 11) is 0. The van der Waals surface area contributed by atoms with E-state index in [1.54, 1.807) is 11.3 Å². The van der Waals surface area contributed by atoms with Crippen molar-refractivity contribution >= 4 is 39.9 Å². The van der Waals surface area contributed by atoms with Crippen LogP contribution in [0.15, 0.2) is 82.3 Å². The lowest BCUT2D eigenvalue weighted by molar-refractivity contribution is 0.404. The molecule has 4 aromatic rings. The Labute approximate surface area is 196 Å². The van der Waals surface area contributed by atoms with Crippen molar-refractivity contribution in [3.05, 3.63) is 94.8 Å². The van der Waals surface area contributed by atoms with Crippen LogP contribution in [-0.4, -0.2) is 15.3 Å². The van der Waals surface area contributed by atoms with Crippen molar-refractivity contribution < 1.29 is 4.52 Å². The van der Waals surface area contributed by atoms with Gasteiger partial charge >= 0.3 is 0 Å². The number of thiophene rings is 1. The molecule has 0 saturated carbocycles. The lowest BCUT2D eigenvalue weighted by atomic mass is 9.94. The van der Waals surface area contributed by atoms with E-state index in [0.717, 1.165) is 33.8 Å². The van der Waals surface area contributed by atoms with E-state index in [2.05, 4.69) is 65.6 Å². The van der Waals surface area contributed by atoms with Crippen molar-refractivity contribution in [1.29, 1.82) is 0 Å². The quantitative estimate of drug-likeness (QED) is 0.358. The van der Waals surface area contributed by atoms with E-state index in [1.807, 2.05) is 35.7 Å². The van der Waals surface area contributed by atoms with Gasteiger partial charge in [0.25, 0.3) is 5.89 Å². The highest BCUT2D eigenvalue weighted by atomic mass is 32.1. The molecule has 1 atom stereocenters. The Morgan fingerprint density at radius 1 is 1.09 bits per heavy atom. The van der Waals surface area contributed by atoms with Crippen LogP contribution in [0.5, 0.6) is 0 Å². The Morgan fingerprint density at radius 3 is 2.69 bits per heavy atom. The van der Waals surface area contributed by atoms with Gasteiger partial charge in [0.05, 0.1) is 16.5 Å². The smallest absolute Gasteiger partial charge is 0.258 e. The number of rotatable bonds is 5. The molecule has 2 aromatic heterocycles. The fraction of sp³-hybridized carbons (Fsp3) is 0.160. The molecular weight excluding hydrogens is 436 g/mol. The molecule has 2 aromatic carbocycles. The first-order chi connectivity index (χ1) is 15.7. The second-order valence-electron chi connectivity index (χ2n) is 7.55. The molecule has 0 fully saturated rings. The standard InChI is InChI=1S/C25H22N4OS2/c1-3-17-9-7-12-19(15-17)29-16(2)21(22(26-25(29)31)18-10-5-4-6-11-18)24-27-23(28-30-24)20-13-8-14-32-20/h4-15,22H,3H2,1-2H3,(H,26,31). The Balaban J connectivity index is 1.66. The van der Waals surface area contributed by atoms with Gasteiger partial charge in [0.1, 0.15) is 0 Å². The van der Waals surface area contributed by atoms with E-state index in [-0.39, 0.29) is 6.04 Å². The zero-order valence-electron chi connectivity index (χ0n) is 17.8. The topological polar surface area (TPSA) is 54.2 Å². The summed E-state index contributed by atoms with van der Waals surface area (Å²) in [4.78, 5) is 7.78. The largest absolute Gasteiger partial charge is 0.351 e. The summed E-state index contributed by atoms with van der Waals surface area (Å²) in [6.45, 7) is 4.21. The number of allylic oxidation sites excluding steroid dienone is 1. The monoisotopic (exact) mass is 458 g/mol. The van der Waals surface area contributed by atoms with Crippen molar-refractivity contribution in [2.24, 2.45) is 0 Å². The van der Waals surface area contributed by atoms with Crippen molar-refractivity contribution in [3.63, 3.8) is 0 Å². The minimum atomic E-state index is -0.189. The zero-order valence-corrected chi connectivity index (χ0v) is 19.4. The van der Waals surface area contributed by atoms with Gasteiger partial charge in [-0.25, -0.2) is 0 Å². The van der Waals surface area contributed by atoms with Gasteiger partial charge in [0, 0.05) is 11.4 Å². The lowest BCUT2D eigenvalue weighted by Crippen LogP contribution is -2.46. The molecular formula is C25H22N4OS2. The predicted octanol–water partition coefficient (Wildman–Crippen LogP) is 6.23. The fourth-order valence-corrected chi connectivity index (χ4v) is 4.99. The van der Waals surface area contributed by atoms with Gasteiger partial charge in [0.15, 0.2) is 5.11 Å². The molecule has 0 spiro atoms. The number of nitrogens with zero attached hydrogens (tertiary/aromatic N) is 3. The van der Waals surface area contributed by atoms with Crippen molar-refractivity contribution in [3.8, 4) is 10.7 Å². The summed E-state index contributed by atoms with van der Waals surface area (Å²) >= 11 is 7.42. The van der Waals surface area contributed by atoms with Crippen LogP contribution in [0.2, 0.25) is 0 Å². The van der Waals surface area contributed by atoms with E-state index < -0.39 is 0 Å². The summed E-state index contributed by atoms with van der Waals surface area (Å²) in [5.74, 6) is 1.08. The lowest BCUT2D eigenvalue weighted by Gasteiger charge is -2.37. The average Bonchev–Trinajstić information content (AvgIpc) is 3.52. The first kappa shape index (κ1) is 20.6. The first-order valence-corrected chi connectivity index (χ1v) is 11.8. The Hall–Kier alpha value is -3.29. The van der Waals surface area contributed by atoms with Gasteiger partial charge in [-0.2, -0.15) is 4.98 Å². The fourth-order valence-electron chi connectivity index (χ4n) is 3.98. The molecule has 0 aliphatic carbocycles. The molecule has 32 heavy (non-hydrogen) atoms. The number of thiocarbonyl (C=S) groups is 1. The summed E-state index contributed by atoms with van der Waals surface area (Å²) in [6, 6.07) is 22.4. The SMILES string of the molecule is CCc1cccc(N2C(=S)NC(c3ccccc3)C(c3nc(-c4cccs4)no3)=C2C)c1. The predicted molar refractivity (Wildman–Crippen MR) is 133 cm³/mol.